The molecular formula is C28H32BN5O2. The Morgan fingerprint density at radius 2 is 1.78 bits per heavy atom. The molecule has 8 heteroatoms. The molecule has 1 aromatic carbocycles. The van der Waals surface area contributed by atoms with Crippen LogP contribution in [0, 0.1) is 25.1 Å². The number of benzene rings is 1. The number of nitrogens with zero attached hydrogens (tertiary/aromatic N) is 5. The van der Waals surface area contributed by atoms with Gasteiger partial charge < -0.3 is 14.4 Å². The summed E-state index contributed by atoms with van der Waals surface area (Å²) in [5.74, 6) is 5.28. The highest BCUT2D eigenvalue weighted by Crippen LogP contribution is 2.42. The van der Waals surface area contributed by atoms with Crippen molar-refractivity contribution >= 4 is 34.7 Å². The summed E-state index contributed by atoms with van der Waals surface area (Å²) in [6, 6.07) is 9.64. The number of rotatable bonds is 4. The van der Waals surface area contributed by atoms with E-state index in [2.05, 4.69) is 15.9 Å². The van der Waals surface area contributed by atoms with Crippen molar-refractivity contribution in [3.63, 3.8) is 0 Å². The molecule has 36 heavy (non-hydrogen) atoms. The van der Waals surface area contributed by atoms with Gasteiger partial charge >= 0.3 is 0 Å². The van der Waals surface area contributed by atoms with Crippen molar-refractivity contribution in [2.24, 2.45) is 0 Å². The normalized spacial score (nSPS) is 17.5. The van der Waals surface area contributed by atoms with Crippen molar-refractivity contribution < 1.29 is 9.52 Å². The Kier molecular flexibility index (Phi) is 6.57. The van der Waals surface area contributed by atoms with E-state index in [1.807, 2.05) is 45.0 Å². The number of fused-ring (bicyclic) bond motifs is 2. The van der Waals surface area contributed by atoms with Crippen LogP contribution >= 0.6 is 0 Å². The van der Waals surface area contributed by atoms with Gasteiger partial charge in [-0.2, -0.15) is 0 Å². The van der Waals surface area contributed by atoms with Gasteiger partial charge in [0, 0.05) is 37.1 Å². The predicted octanol–water partition coefficient (Wildman–Crippen LogP) is 6.48. The first-order valence-electron chi connectivity index (χ1n) is 13.0. The van der Waals surface area contributed by atoms with Crippen LogP contribution < -0.4 is 4.90 Å². The smallest absolute Gasteiger partial charge is 0.275 e. The number of hydrogen-bond donors (Lipinski definition) is 1. The number of hydrogen-bond acceptors (Lipinski definition) is 7. The fourth-order valence-electron chi connectivity index (χ4n) is 5.53. The van der Waals surface area contributed by atoms with E-state index in [1.165, 1.54) is 19.3 Å². The van der Waals surface area contributed by atoms with Crippen molar-refractivity contribution in [3.05, 3.63) is 41.8 Å². The molecular weight excluding hydrogens is 449 g/mol. The molecule has 2 fully saturated rings. The average Bonchev–Trinajstić information content (AvgIpc) is 3.51. The fraction of sp³-hybridized carbons (Fsp3) is 0.429. The highest BCUT2D eigenvalue weighted by molar-refractivity contribution is 6.70. The summed E-state index contributed by atoms with van der Waals surface area (Å²) < 4.78 is 5.70. The first kappa shape index (κ1) is 24.1. The third-order valence-corrected chi connectivity index (χ3v) is 7.67. The summed E-state index contributed by atoms with van der Waals surface area (Å²) in [5.41, 5.74) is 4.86. The van der Waals surface area contributed by atoms with Crippen molar-refractivity contribution in [1.29, 1.82) is 5.26 Å². The maximum Gasteiger partial charge on any atom is 0.275 e. The van der Waals surface area contributed by atoms with E-state index in [0.717, 1.165) is 36.4 Å². The number of pyridine rings is 2. The van der Waals surface area contributed by atoms with Gasteiger partial charge in [0.1, 0.15) is 17.1 Å². The minimum absolute atomic E-state index is 0.166. The highest BCUT2D eigenvalue weighted by Gasteiger charge is 2.40. The molecule has 6 rings (SSSR count). The van der Waals surface area contributed by atoms with Crippen LogP contribution in [0.4, 0.5) is 5.82 Å². The number of phenolic OH excluding ortho intramolecular Hbond substituents is 1. The van der Waals surface area contributed by atoms with Gasteiger partial charge in [-0.05, 0) is 55.3 Å². The molecule has 3 aromatic heterocycles. The maximum absolute atomic E-state index is 10.8. The molecule has 4 aromatic rings. The predicted molar refractivity (Wildman–Crippen MR) is 145 cm³/mol. The van der Waals surface area contributed by atoms with Gasteiger partial charge in [0.05, 0.1) is 16.7 Å². The second kappa shape index (κ2) is 9.81. The van der Waals surface area contributed by atoms with Gasteiger partial charge in [-0.15, -0.1) is 0 Å². The van der Waals surface area contributed by atoms with Gasteiger partial charge in [0.25, 0.3) is 6.71 Å². The maximum atomic E-state index is 10.8. The summed E-state index contributed by atoms with van der Waals surface area (Å²) in [4.78, 5) is 16.3. The number of aryl methyl sites for hydroxylation is 2. The Labute approximate surface area is 212 Å². The molecule has 0 amide bonds. The average molecular weight is 481 g/mol. The number of aromatic nitrogens is 3. The summed E-state index contributed by atoms with van der Waals surface area (Å²) >= 11 is 0. The van der Waals surface area contributed by atoms with E-state index in [4.69, 9.17) is 14.4 Å². The zero-order chi connectivity index (χ0) is 25.4. The molecule has 1 N–H and O–H groups in total. The first-order valence-corrected chi connectivity index (χ1v) is 13.0. The van der Waals surface area contributed by atoms with E-state index in [1.54, 1.807) is 13.0 Å². The standard InChI is InChI=1S/C26H26BN5O2.C2H6/c1-15-25-23(34-16(2)29-25)12-19(26(15)33)20-6-7-22-21(30-20)8-9-24(31-22)32-11-10-18(13-32)27(14-28)17-4-3-5-17;1-2/h6-9,12,17-18,33H,3-5,10-11,13H2,1-2H3;1-2H3. The lowest BCUT2D eigenvalue weighted by molar-refractivity contribution is 0.473. The van der Waals surface area contributed by atoms with Crippen molar-refractivity contribution in [1.82, 2.24) is 15.0 Å². The van der Waals surface area contributed by atoms with Crippen LogP contribution in [0.2, 0.25) is 11.6 Å². The first-order chi connectivity index (χ1) is 17.5. The second-order valence-corrected chi connectivity index (χ2v) is 9.72. The number of phenols is 1. The van der Waals surface area contributed by atoms with Crippen LogP contribution in [-0.4, -0.2) is 39.9 Å². The van der Waals surface area contributed by atoms with E-state index in [9.17, 15) is 10.4 Å². The van der Waals surface area contributed by atoms with Crippen LogP contribution in [0.25, 0.3) is 33.4 Å². The molecule has 2 aliphatic rings. The molecule has 0 bridgehead atoms. The summed E-state index contributed by atoms with van der Waals surface area (Å²) in [5, 5.41) is 20.5. The lowest BCUT2D eigenvalue weighted by Gasteiger charge is -2.30. The number of anilines is 1. The minimum Gasteiger partial charge on any atom is -0.507 e. The molecule has 4 heterocycles. The van der Waals surface area contributed by atoms with Crippen LogP contribution in [0.3, 0.4) is 0 Å². The molecule has 7 nitrogen and oxygen atoms in total. The van der Waals surface area contributed by atoms with Crippen LogP contribution in [-0.2, 0) is 0 Å². The van der Waals surface area contributed by atoms with Gasteiger partial charge in [0.15, 0.2) is 11.5 Å². The zero-order valence-electron chi connectivity index (χ0n) is 21.5. The molecule has 0 spiro atoms. The molecule has 0 radical (unpaired) electrons. The lowest BCUT2D eigenvalue weighted by atomic mass is 9.31. The summed E-state index contributed by atoms with van der Waals surface area (Å²) in [7, 11) is 0. The molecule has 1 saturated carbocycles. The van der Waals surface area contributed by atoms with E-state index >= 15 is 0 Å². The minimum atomic E-state index is 0.166. The fourth-order valence-corrected chi connectivity index (χ4v) is 5.53. The van der Waals surface area contributed by atoms with Crippen LogP contribution in [0.1, 0.15) is 51.0 Å². The number of nitriles is 1. The molecule has 184 valence electrons. The Morgan fingerprint density at radius 3 is 2.50 bits per heavy atom. The molecule has 1 unspecified atom stereocenters. The largest absolute Gasteiger partial charge is 0.507 e. The van der Waals surface area contributed by atoms with Crippen LogP contribution in [0.5, 0.6) is 5.75 Å². The highest BCUT2D eigenvalue weighted by atomic mass is 16.3. The number of oxazole rings is 1. The second-order valence-electron chi connectivity index (χ2n) is 9.72. The lowest BCUT2D eigenvalue weighted by Crippen LogP contribution is -2.32. The van der Waals surface area contributed by atoms with Gasteiger partial charge in [-0.3, -0.25) is 0 Å². The Bertz CT molecular complexity index is 1460. The quantitative estimate of drug-likeness (QED) is 0.333. The Morgan fingerprint density at radius 1 is 1.03 bits per heavy atom. The monoisotopic (exact) mass is 481 g/mol. The Hall–Kier alpha value is -3.60. The molecule has 1 saturated heterocycles. The van der Waals surface area contributed by atoms with Gasteiger partial charge in [-0.25, -0.2) is 20.2 Å². The van der Waals surface area contributed by atoms with Crippen molar-refractivity contribution in [2.45, 2.75) is 65.0 Å². The third kappa shape index (κ3) is 4.17. The van der Waals surface area contributed by atoms with Crippen molar-refractivity contribution in [3.8, 4) is 23.0 Å². The summed E-state index contributed by atoms with van der Waals surface area (Å²) in [6.07, 6.45) is 4.72. The molecule has 1 aliphatic carbocycles. The van der Waals surface area contributed by atoms with E-state index < -0.39 is 0 Å². The third-order valence-electron chi connectivity index (χ3n) is 7.67. The SMILES string of the molecule is CC.Cc1nc2c(C)c(O)c(-c3ccc4nc(N5CCC(B(C#N)C6CCC6)C5)ccc4n3)cc2o1. The topological polar surface area (TPSA) is 99.1 Å². The molecule has 1 atom stereocenters. The van der Waals surface area contributed by atoms with E-state index in [0.29, 0.717) is 45.4 Å². The van der Waals surface area contributed by atoms with E-state index in [-0.39, 0.29) is 12.5 Å². The zero-order valence-corrected chi connectivity index (χ0v) is 21.5. The van der Waals surface area contributed by atoms with Crippen LogP contribution in [0.15, 0.2) is 34.7 Å². The van der Waals surface area contributed by atoms with Gasteiger partial charge in [0.2, 0.25) is 0 Å². The molecule has 1 aliphatic heterocycles. The Balaban J connectivity index is 0.00000130. The van der Waals surface area contributed by atoms with Gasteiger partial charge in [-0.1, -0.05) is 33.1 Å². The van der Waals surface area contributed by atoms with Crippen molar-refractivity contribution in [2.75, 3.05) is 18.0 Å². The summed E-state index contributed by atoms with van der Waals surface area (Å²) in [6.45, 7) is 9.63. The number of aromatic hydroxyl groups is 1.